The van der Waals surface area contributed by atoms with Crippen LogP contribution in [0.3, 0.4) is 0 Å². The van der Waals surface area contributed by atoms with Crippen molar-refractivity contribution in [2.24, 2.45) is 21.7 Å². The maximum atomic E-state index is 12.2. The van der Waals surface area contributed by atoms with Gasteiger partial charge in [-0.3, -0.25) is 9.59 Å². The lowest BCUT2D eigenvalue weighted by molar-refractivity contribution is -0.157. The molecule has 3 nitrogen and oxygen atoms in total. The van der Waals surface area contributed by atoms with Gasteiger partial charge in [0, 0.05) is 0 Å². The Morgan fingerprint density at radius 1 is 0.765 bits per heavy atom. The van der Waals surface area contributed by atoms with E-state index in [1.165, 1.54) is 0 Å². The number of carbonyl (C=O) groups is 2. The first-order valence-electron chi connectivity index (χ1n) is 6.07. The summed E-state index contributed by atoms with van der Waals surface area (Å²) in [5.74, 6) is -0.792. The average molecular weight is 240 g/mol. The summed E-state index contributed by atoms with van der Waals surface area (Å²) in [7, 11) is 0. The largest absolute Gasteiger partial charge is 0.392 e. The molecule has 0 radical (unpaired) electrons. The molecule has 17 heavy (non-hydrogen) atoms. The van der Waals surface area contributed by atoms with E-state index in [9.17, 15) is 9.59 Å². The highest BCUT2D eigenvalue weighted by atomic mass is 16.6. The summed E-state index contributed by atoms with van der Waals surface area (Å²) in [6.07, 6.45) is 0. The predicted octanol–water partition coefficient (Wildman–Crippen LogP) is 3.17. The molecule has 0 bridgehead atoms. The molecule has 0 aliphatic carbocycles. The van der Waals surface area contributed by atoms with Crippen molar-refractivity contribution in [2.45, 2.75) is 55.4 Å². The summed E-state index contributed by atoms with van der Waals surface area (Å²) < 4.78 is 4.97. The minimum atomic E-state index is -0.810. The Morgan fingerprint density at radius 2 is 1.00 bits per heavy atom. The first-order chi connectivity index (χ1) is 7.30. The minimum absolute atomic E-state index is 0.335. The molecular formula is C14H24O3. The highest BCUT2D eigenvalue weighted by Crippen LogP contribution is 2.63. The molecule has 2 atom stereocenters. The van der Waals surface area contributed by atoms with Crippen molar-refractivity contribution in [2.75, 3.05) is 0 Å². The Hall–Kier alpha value is -0.860. The first-order valence-corrected chi connectivity index (χ1v) is 6.07. The Kier molecular flexibility index (Phi) is 2.78. The van der Waals surface area contributed by atoms with Crippen LogP contribution in [0, 0.1) is 21.7 Å². The summed E-state index contributed by atoms with van der Waals surface area (Å²) >= 11 is 0. The number of esters is 2. The molecule has 0 spiro atoms. The van der Waals surface area contributed by atoms with E-state index in [0.29, 0.717) is 0 Å². The number of cyclic esters (lactones) is 2. The zero-order valence-corrected chi connectivity index (χ0v) is 12.2. The van der Waals surface area contributed by atoms with Crippen molar-refractivity contribution < 1.29 is 14.3 Å². The van der Waals surface area contributed by atoms with Gasteiger partial charge in [-0.25, -0.2) is 0 Å². The van der Waals surface area contributed by atoms with E-state index < -0.39 is 22.8 Å². The fourth-order valence-corrected chi connectivity index (χ4v) is 2.81. The third kappa shape index (κ3) is 1.47. The summed E-state index contributed by atoms with van der Waals surface area (Å²) in [6.45, 7) is 15.6. The van der Waals surface area contributed by atoms with Crippen LogP contribution in [0.2, 0.25) is 0 Å². The lowest BCUT2D eigenvalue weighted by Gasteiger charge is -2.50. The van der Waals surface area contributed by atoms with Crippen molar-refractivity contribution in [3.05, 3.63) is 0 Å². The van der Waals surface area contributed by atoms with Gasteiger partial charge in [-0.05, 0) is 24.7 Å². The van der Waals surface area contributed by atoms with Crippen molar-refractivity contribution >= 4 is 11.9 Å². The van der Waals surface area contributed by atoms with Crippen LogP contribution in [-0.4, -0.2) is 11.9 Å². The van der Waals surface area contributed by atoms with Crippen molar-refractivity contribution in [1.29, 1.82) is 0 Å². The smallest absolute Gasteiger partial charge is 0.321 e. The lowest BCUT2D eigenvalue weighted by Crippen LogP contribution is -2.55. The Bertz CT molecular complexity index is 334. The maximum Gasteiger partial charge on any atom is 0.321 e. The van der Waals surface area contributed by atoms with Crippen LogP contribution in [0.15, 0.2) is 0 Å². The molecule has 1 rings (SSSR count). The van der Waals surface area contributed by atoms with Crippen molar-refractivity contribution in [3.8, 4) is 0 Å². The molecule has 3 heteroatoms. The van der Waals surface area contributed by atoms with Crippen LogP contribution in [-0.2, 0) is 14.3 Å². The Labute approximate surface area is 104 Å². The third-order valence-corrected chi connectivity index (χ3v) is 5.00. The number of rotatable bonds is 0. The van der Waals surface area contributed by atoms with E-state index in [4.69, 9.17) is 4.74 Å². The topological polar surface area (TPSA) is 43.4 Å². The summed E-state index contributed by atoms with van der Waals surface area (Å²) in [4.78, 5) is 24.3. The van der Waals surface area contributed by atoms with Crippen LogP contribution >= 0.6 is 0 Å². The van der Waals surface area contributed by atoms with Gasteiger partial charge in [0.2, 0.25) is 0 Å². The molecule has 0 saturated carbocycles. The molecule has 1 aliphatic heterocycles. The van der Waals surface area contributed by atoms with Gasteiger partial charge in [0.05, 0.1) is 10.8 Å². The highest BCUT2D eigenvalue weighted by Gasteiger charge is 2.71. The minimum Gasteiger partial charge on any atom is -0.392 e. The van der Waals surface area contributed by atoms with Crippen LogP contribution in [0.5, 0.6) is 0 Å². The van der Waals surface area contributed by atoms with Gasteiger partial charge in [0.25, 0.3) is 0 Å². The second kappa shape index (κ2) is 3.33. The second-order valence-electron chi connectivity index (χ2n) is 7.43. The lowest BCUT2D eigenvalue weighted by atomic mass is 9.47. The maximum absolute atomic E-state index is 12.2. The quantitative estimate of drug-likeness (QED) is 0.482. The van der Waals surface area contributed by atoms with Gasteiger partial charge in [0.15, 0.2) is 0 Å². The summed E-state index contributed by atoms with van der Waals surface area (Å²) in [5.41, 5.74) is -2.29. The Morgan fingerprint density at radius 3 is 1.18 bits per heavy atom. The molecule has 0 aromatic rings. The zero-order valence-electron chi connectivity index (χ0n) is 12.2. The zero-order chi connectivity index (χ0) is 13.9. The average Bonchev–Trinajstić information content (AvgIpc) is 2.26. The molecule has 1 aliphatic rings. The Balaban J connectivity index is 3.57. The molecular weight excluding hydrogens is 216 g/mol. The van der Waals surface area contributed by atoms with Gasteiger partial charge in [-0.15, -0.1) is 0 Å². The second-order valence-corrected chi connectivity index (χ2v) is 7.43. The normalized spacial score (nSPS) is 35.1. The van der Waals surface area contributed by atoms with Gasteiger partial charge in [0.1, 0.15) is 0 Å². The third-order valence-electron chi connectivity index (χ3n) is 5.00. The van der Waals surface area contributed by atoms with Crippen LogP contribution in [0.4, 0.5) is 0 Å². The van der Waals surface area contributed by atoms with Crippen LogP contribution in [0.1, 0.15) is 55.4 Å². The summed E-state index contributed by atoms with van der Waals surface area (Å²) in [6, 6.07) is 0. The molecule has 0 aromatic carbocycles. The van der Waals surface area contributed by atoms with Crippen LogP contribution < -0.4 is 0 Å². The van der Waals surface area contributed by atoms with Crippen molar-refractivity contribution in [1.82, 2.24) is 0 Å². The molecule has 1 fully saturated rings. The van der Waals surface area contributed by atoms with E-state index in [-0.39, 0.29) is 10.8 Å². The molecule has 0 aromatic heterocycles. The van der Waals surface area contributed by atoms with E-state index in [1.54, 1.807) is 0 Å². The molecule has 0 N–H and O–H groups in total. The number of hydrogen-bond acceptors (Lipinski definition) is 3. The highest BCUT2D eigenvalue weighted by molar-refractivity contribution is 6.02. The monoisotopic (exact) mass is 240 g/mol. The standard InChI is InChI=1S/C14H24O3/c1-11(2,3)13(7)9(15)17-10(16)14(13,8)12(4,5)6/h1-8H3. The fraction of sp³-hybridized carbons (Fsp3) is 0.857. The molecule has 1 saturated heterocycles. The number of hydrogen-bond donors (Lipinski definition) is 0. The van der Waals surface area contributed by atoms with E-state index in [2.05, 4.69) is 0 Å². The van der Waals surface area contributed by atoms with Crippen LogP contribution in [0.25, 0.3) is 0 Å². The number of ether oxygens (including phenoxy) is 1. The molecule has 1 heterocycles. The van der Waals surface area contributed by atoms with Crippen molar-refractivity contribution in [3.63, 3.8) is 0 Å². The fourth-order valence-electron chi connectivity index (χ4n) is 2.81. The summed E-state index contributed by atoms with van der Waals surface area (Å²) in [5, 5.41) is 0. The SMILES string of the molecule is CC(C)(C)C1(C)C(=O)OC(=O)C1(C)C(C)(C)C. The van der Waals surface area contributed by atoms with Gasteiger partial charge in [-0.1, -0.05) is 41.5 Å². The van der Waals surface area contributed by atoms with Gasteiger partial charge in [-0.2, -0.15) is 0 Å². The molecule has 2 unspecified atom stereocenters. The number of carbonyl (C=O) groups excluding carboxylic acids is 2. The van der Waals surface area contributed by atoms with E-state index >= 15 is 0 Å². The van der Waals surface area contributed by atoms with E-state index in [0.717, 1.165) is 0 Å². The predicted molar refractivity (Wildman–Crippen MR) is 66.2 cm³/mol. The first kappa shape index (κ1) is 14.2. The molecule has 98 valence electrons. The van der Waals surface area contributed by atoms with Gasteiger partial charge < -0.3 is 4.74 Å². The van der Waals surface area contributed by atoms with E-state index in [1.807, 2.05) is 55.4 Å². The molecule has 0 amide bonds. The van der Waals surface area contributed by atoms with Gasteiger partial charge >= 0.3 is 11.9 Å².